The van der Waals surface area contributed by atoms with Gasteiger partial charge in [-0.3, -0.25) is 0 Å². The molecule has 0 N–H and O–H groups in total. The van der Waals surface area contributed by atoms with Gasteiger partial charge in [0.15, 0.2) is 0 Å². The minimum atomic E-state index is 0.937. The second kappa shape index (κ2) is 8.35. The van der Waals surface area contributed by atoms with Gasteiger partial charge in [0, 0.05) is 0 Å². The van der Waals surface area contributed by atoms with E-state index < -0.39 is 0 Å². The number of unbranched alkanes of at least 4 members (excludes halogenated alkanes) is 5. The summed E-state index contributed by atoms with van der Waals surface area (Å²) in [7, 11) is 0. The zero-order valence-corrected chi connectivity index (χ0v) is 7.16. The molecule has 0 saturated carbocycles. The Hall–Kier alpha value is 0.350. The summed E-state index contributed by atoms with van der Waals surface area (Å²) >= 11 is 4.09. The van der Waals surface area contributed by atoms with Crippen LogP contribution in [0.1, 0.15) is 39.0 Å². The molecule has 0 unspecified atom stereocenters. The van der Waals surface area contributed by atoms with Crippen molar-refractivity contribution < 1.29 is 0 Å². The van der Waals surface area contributed by atoms with Gasteiger partial charge in [-0.05, 0) is 18.6 Å². The highest BCUT2D eigenvalue weighted by Crippen LogP contribution is 2.04. The van der Waals surface area contributed by atoms with E-state index >= 15 is 0 Å². The minimum absolute atomic E-state index is 0.937. The van der Waals surface area contributed by atoms with Crippen molar-refractivity contribution in [2.45, 2.75) is 39.0 Å². The lowest BCUT2D eigenvalue weighted by atomic mass is 10.1. The van der Waals surface area contributed by atoms with E-state index in [1.807, 2.05) is 0 Å². The van der Waals surface area contributed by atoms with E-state index in [9.17, 15) is 0 Å². The minimum Gasteiger partial charge on any atom is -0.179 e. The lowest BCUT2D eigenvalue weighted by Gasteiger charge is -1.95. The highest BCUT2D eigenvalue weighted by atomic mass is 32.1. The molecule has 0 amide bonds. The molecule has 0 nitrogen and oxygen atoms in total. The highest BCUT2D eigenvalue weighted by Gasteiger charge is 1.86. The van der Waals surface area contributed by atoms with E-state index in [2.05, 4.69) is 26.0 Å². The maximum atomic E-state index is 4.09. The third-order valence-corrected chi connectivity index (χ3v) is 1.65. The van der Waals surface area contributed by atoms with Crippen molar-refractivity contribution in [3.8, 4) is 0 Å². The number of hydrogen-bond donors (Lipinski definition) is 1. The van der Waals surface area contributed by atoms with E-state index in [-0.39, 0.29) is 0 Å². The Morgan fingerprint density at radius 1 is 1.22 bits per heavy atom. The largest absolute Gasteiger partial charge is 0.179 e. The average Bonchev–Trinajstić information content (AvgIpc) is 1.89. The number of hydrogen-bond acceptors (Lipinski definition) is 1. The predicted molar refractivity (Wildman–Crippen MR) is 46.9 cm³/mol. The van der Waals surface area contributed by atoms with Crippen LogP contribution in [0.25, 0.3) is 0 Å². The van der Waals surface area contributed by atoms with Crippen LogP contribution in [0.15, 0.2) is 0 Å². The Morgan fingerprint density at radius 3 is 2.56 bits per heavy atom. The maximum Gasteiger partial charge on any atom is -0.00666 e. The van der Waals surface area contributed by atoms with Gasteiger partial charge < -0.3 is 0 Å². The van der Waals surface area contributed by atoms with Crippen molar-refractivity contribution in [3.63, 3.8) is 0 Å². The molecule has 0 fully saturated rings. The van der Waals surface area contributed by atoms with Gasteiger partial charge in [0.05, 0.1) is 0 Å². The van der Waals surface area contributed by atoms with Crippen molar-refractivity contribution in [3.05, 3.63) is 6.42 Å². The molecule has 0 aliphatic rings. The topological polar surface area (TPSA) is 0 Å². The van der Waals surface area contributed by atoms with Gasteiger partial charge in [0.25, 0.3) is 0 Å². The molecule has 0 aromatic carbocycles. The quantitative estimate of drug-likeness (QED) is 0.431. The standard InChI is InChI=1S/C8H17S/c1-2-3-4-5-6-7-8-9/h7,9H,2-6,8H2,1H3. The molecule has 0 aliphatic carbocycles. The molecule has 0 spiro atoms. The smallest absolute Gasteiger partial charge is 0.00666 e. The molecule has 0 atom stereocenters. The average molecular weight is 145 g/mol. The molecular weight excluding hydrogens is 128 g/mol. The number of thiol groups is 1. The first-order chi connectivity index (χ1) is 4.41. The van der Waals surface area contributed by atoms with Crippen LogP contribution in [0.5, 0.6) is 0 Å². The monoisotopic (exact) mass is 145 g/mol. The third kappa shape index (κ3) is 8.35. The summed E-state index contributed by atoms with van der Waals surface area (Å²) in [5.74, 6) is 0.937. The van der Waals surface area contributed by atoms with Crippen LogP contribution in [0, 0.1) is 6.42 Å². The van der Waals surface area contributed by atoms with E-state index in [0.29, 0.717) is 0 Å². The van der Waals surface area contributed by atoms with Crippen LogP contribution in [0.4, 0.5) is 0 Å². The van der Waals surface area contributed by atoms with Crippen molar-refractivity contribution in [1.29, 1.82) is 0 Å². The molecule has 0 bridgehead atoms. The fourth-order valence-electron chi connectivity index (χ4n) is 0.807. The van der Waals surface area contributed by atoms with Crippen LogP contribution >= 0.6 is 12.6 Å². The summed E-state index contributed by atoms with van der Waals surface area (Å²) in [6, 6.07) is 0. The first kappa shape index (κ1) is 9.35. The van der Waals surface area contributed by atoms with Crippen LogP contribution < -0.4 is 0 Å². The first-order valence-electron chi connectivity index (χ1n) is 3.84. The van der Waals surface area contributed by atoms with Crippen LogP contribution in [-0.4, -0.2) is 5.75 Å². The summed E-state index contributed by atoms with van der Waals surface area (Å²) in [5.41, 5.74) is 0. The fourth-order valence-corrected chi connectivity index (χ4v) is 0.989. The molecule has 1 radical (unpaired) electrons. The molecule has 0 aromatic heterocycles. The molecule has 0 rings (SSSR count). The van der Waals surface area contributed by atoms with Gasteiger partial charge in [-0.2, -0.15) is 12.6 Å². The summed E-state index contributed by atoms with van der Waals surface area (Å²) in [6.07, 6.45) is 8.96. The van der Waals surface area contributed by atoms with E-state index in [1.54, 1.807) is 0 Å². The van der Waals surface area contributed by atoms with E-state index in [1.165, 1.54) is 32.1 Å². The van der Waals surface area contributed by atoms with E-state index in [0.717, 1.165) is 5.75 Å². The summed E-state index contributed by atoms with van der Waals surface area (Å²) < 4.78 is 0. The zero-order valence-electron chi connectivity index (χ0n) is 6.27. The molecule has 1 heteroatoms. The molecule has 0 heterocycles. The summed E-state index contributed by atoms with van der Waals surface area (Å²) in [4.78, 5) is 0. The van der Waals surface area contributed by atoms with E-state index in [4.69, 9.17) is 0 Å². The second-order valence-corrected chi connectivity index (χ2v) is 2.69. The normalized spacial score (nSPS) is 10.0. The zero-order chi connectivity index (χ0) is 6.95. The molecular formula is C8H17S. The number of rotatable bonds is 6. The Labute approximate surface area is 64.4 Å². The van der Waals surface area contributed by atoms with Crippen LogP contribution in [0.2, 0.25) is 0 Å². The van der Waals surface area contributed by atoms with Gasteiger partial charge in [0.2, 0.25) is 0 Å². The van der Waals surface area contributed by atoms with Gasteiger partial charge in [-0.1, -0.05) is 32.6 Å². The lowest BCUT2D eigenvalue weighted by molar-refractivity contribution is 0.663. The van der Waals surface area contributed by atoms with Crippen molar-refractivity contribution in [2.24, 2.45) is 0 Å². The Balaban J connectivity index is 2.60. The van der Waals surface area contributed by atoms with Gasteiger partial charge >= 0.3 is 0 Å². The molecule has 9 heavy (non-hydrogen) atoms. The Bertz CT molecular complexity index is 37.8. The lowest BCUT2D eigenvalue weighted by Crippen LogP contribution is -1.79. The predicted octanol–water partition coefficient (Wildman–Crippen LogP) is 3.09. The van der Waals surface area contributed by atoms with Crippen LogP contribution in [-0.2, 0) is 0 Å². The van der Waals surface area contributed by atoms with Gasteiger partial charge in [-0.25, -0.2) is 0 Å². The van der Waals surface area contributed by atoms with Crippen molar-refractivity contribution >= 4 is 12.6 Å². The Kier molecular flexibility index (Phi) is 8.67. The van der Waals surface area contributed by atoms with Gasteiger partial charge in [0.1, 0.15) is 0 Å². The molecule has 0 aromatic rings. The van der Waals surface area contributed by atoms with Crippen molar-refractivity contribution in [2.75, 3.05) is 5.75 Å². The molecule has 0 aliphatic heterocycles. The SMILES string of the molecule is CCCCCC[CH]CS. The summed E-state index contributed by atoms with van der Waals surface area (Å²) in [6.45, 7) is 2.24. The Morgan fingerprint density at radius 2 is 2.00 bits per heavy atom. The van der Waals surface area contributed by atoms with Gasteiger partial charge in [-0.15, -0.1) is 0 Å². The first-order valence-corrected chi connectivity index (χ1v) is 4.47. The molecule has 55 valence electrons. The second-order valence-electron chi connectivity index (χ2n) is 2.32. The highest BCUT2D eigenvalue weighted by molar-refractivity contribution is 7.80. The van der Waals surface area contributed by atoms with Crippen molar-refractivity contribution in [1.82, 2.24) is 0 Å². The summed E-state index contributed by atoms with van der Waals surface area (Å²) in [5, 5.41) is 0. The molecule has 0 saturated heterocycles. The fraction of sp³-hybridized carbons (Fsp3) is 0.875. The third-order valence-electron chi connectivity index (χ3n) is 1.39. The van der Waals surface area contributed by atoms with Crippen LogP contribution in [0.3, 0.4) is 0 Å². The maximum absolute atomic E-state index is 4.09.